The third-order valence-electron chi connectivity index (χ3n) is 4.67. The fraction of sp³-hybridized carbons (Fsp3) is 0.444. The van der Waals surface area contributed by atoms with Gasteiger partial charge in [0.2, 0.25) is 5.60 Å². The molecule has 6 nitrogen and oxygen atoms in total. The molecule has 1 aromatic heterocycles. The van der Waals surface area contributed by atoms with Crippen LogP contribution < -0.4 is 4.74 Å². The van der Waals surface area contributed by atoms with Gasteiger partial charge in [0.1, 0.15) is 11.6 Å². The van der Waals surface area contributed by atoms with E-state index in [1.54, 1.807) is 6.20 Å². The number of aliphatic carboxylic acids is 1. The minimum Gasteiger partial charge on any atom is -0.478 e. The number of rotatable bonds is 5. The molecule has 0 radical (unpaired) electrons. The Kier molecular flexibility index (Phi) is 4.57. The maximum atomic E-state index is 11.9. The summed E-state index contributed by atoms with van der Waals surface area (Å²) in [7, 11) is 1.97. The molecule has 0 amide bonds. The van der Waals surface area contributed by atoms with Gasteiger partial charge in [-0.05, 0) is 19.1 Å². The Balaban J connectivity index is 1.66. The molecular weight excluding hydrogens is 306 g/mol. The van der Waals surface area contributed by atoms with Crippen molar-refractivity contribution in [1.82, 2.24) is 14.5 Å². The zero-order valence-electron chi connectivity index (χ0n) is 14.1. The second kappa shape index (κ2) is 6.65. The summed E-state index contributed by atoms with van der Waals surface area (Å²) in [5.41, 5.74) is -0.0236. The molecule has 1 aliphatic rings. The summed E-state index contributed by atoms with van der Waals surface area (Å²) < 4.78 is 7.91. The third-order valence-corrected chi connectivity index (χ3v) is 4.67. The van der Waals surface area contributed by atoms with Crippen molar-refractivity contribution in [1.29, 1.82) is 0 Å². The van der Waals surface area contributed by atoms with Gasteiger partial charge in [-0.25, -0.2) is 9.78 Å². The number of aromatic nitrogens is 2. The van der Waals surface area contributed by atoms with Crippen molar-refractivity contribution in [2.24, 2.45) is 7.05 Å². The Morgan fingerprint density at radius 3 is 2.50 bits per heavy atom. The number of aryl methyl sites for hydroxylation is 2. The fourth-order valence-electron chi connectivity index (χ4n) is 3.01. The zero-order chi connectivity index (χ0) is 17.2. The lowest BCUT2D eigenvalue weighted by Gasteiger charge is -2.38. The molecule has 6 heteroatoms. The van der Waals surface area contributed by atoms with Gasteiger partial charge in [-0.1, -0.05) is 17.7 Å². The van der Waals surface area contributed by atoms with E-state index in [0.29, 0.717) is 31.7 Å². The Morgan fingerprint density at radius 1 is 1.29 bits per heavy atom. The van der Waals surface area contributed by atoms with E-state index in [0.717, 1.165) is 17.9 Å². The monoisotopic (exact) mass is 329 g/mol. The maximum absolute atomic E-state index is 11.9. The first kappa shape index (κ1) is 16.5. The van der Waals surface area contributed by atoms with Crippen LogP contribution in [-0.4, -0.2) is 44.2 Å². The van der Waals surface area contributed by atoms with Crippen molar-refractivity contribution in [3.05, 3.63) is 48.0 Å². The molecule has 1 aromatic carbocycles. The molecule has 1 aliphatic heterocycles. The van der Waals surface area contributed by atoms with Gasteiger partial charge in [-0.2, -0.15) is 0 Å². The van der Waals surface area contributed by atoms with E-state index in [1.807, 2.05) is 49.0 Å². The topological polar surface area (TPSA) is 67.6 Å². The number of nitrogens with zero attached hydrogens (tertiary/aromatic N) is 3. The van der Waals surface area contributed by atoms with Crippen LogP contribution in [0.2, 0.25) is 0 Å². The molecule has 0 spiro atoms. The van der Waals surface area contributed by atoms with Crippen LogP contribution in [0.4, 0.5) is 0 Å². The lowest BCUT2D eigenvalue weighted by atomic mass is 9.91. The number of hydrogen-bond donors (Lipinski definition) is 1. The van der Waals surface area contributed by atoms with E-state index >= 15 is 0 Å². The van der Waals surface area contributed by atoms with Crippen LogP contribution in [0.1, 0.15) is 24.2 Å². The Hall–Kier alpha value is -2.34. The fourth-order valence-corrected chi connectivity index (χ4v) is 3.01. The molecule has 1 fully saturated rings. The van der Waals surface area contributed by atoms with Gasteiger partial charge in [0.25, 0.3) is 0 Å². The van der Waals surface area contributed by atoms with Gasteiger partial charge in [0.05, 0.1) is 6.54 Å². The number of carboxylic acid groups (broad SMARTS) is 1. The summed E-state index contributed by atoms with van der Waals surface area (Å²) in [4.78, 5) is 18.4. The first-order chi connectivity index (χ1) is 11.5. The summed E-state index contributed by atoms with van der Waals surface area (Å²) in [6.07, 6.45) is 4.61. The van der Waals surface area contributed by atoms with Gasteiger partial charge in [-0.15, -0.1) is 0 Å². The van der Waals surface area contributed by atoms with Crippen LogP contribution in [-0.2, 0) is 18.4 Å². The van der Waals surface area contributed by atoms with E-state index in [2.05, 4.69) is 9.88 Å². The Bertz CT molecular complexity index is 701. The summed E-state index contributed by atoms with van der Waals surface area (Å²) in [5, 5.41) is 9.73. The molecule has 0 saturated carbocycles. The predicted molar refractivity (Wildman–Crippen MR) is 89.9 cm³/mol. The van der Waals surface area contributed by atoms with E-state index in [9.17, 15) is 9.90 Å². The molecule has 1 saturated heterocycles. The Morgan fingerprint density at radius 2 is 1.96 bits per heavy atom. The summed E-state index contributed by atoms with van der Waals surface area (Å²) in [6.45, 7) is 4.06. The van der Waals surface area contributed by atoms with Crippen molar-refractivity contribution < 1.29 is 14.6 Å². The highest BCUT2D eigenvalue weighted by Crippen LogP contribution is 2.30. The highest BCUT2D eigenvalue weighted by atomic mass is 16.5. The van der Waals surface area contributed by atoms with E-state index in [1.165, 1.54) is 0 Å². The number of piperidine rings is 1. The van der Waals surface area contributed by atoms with Crippen LogP contribution in [0.5, 0.6) is 5.75 Å². The standard InChI is InChI=1S/C18H23N3O3/c1-14-3-5-15(6-4-14)24-18(17(22)23)7-10-21(11-8-18)13-16-19-9-12-20(16)2/h3-6,9,12H,7-8,10-11,13H2,1-2H3,(H,22,23). The first-order valence-electron chi connectivity index (χ1n) is 8.16. The van der Waals surface area contributed by atoms with E-state index in [4.69, 9.17) is 4.74 Å². The molecule has 3 rings (SSSR count). The predicted octanol–water partition coefficient (Wildman–Crippen LogP) is 2.23. The van der Waals surface area contributed by atoms with Crippen LogP contribution in [0.3, 0.4) is 0 Å². The Labute approximate surface area is 141 Å². The molecule has 2 aromatic rings. The highest BCUT2D eigenvalue weighted by Gasteiger charge is 2.44. The van der Waals surface area contributed by atoms with Crippen LogP contribution >= 0.6 is 0 Å². The van der Waals surface area contributed by atoms with Crippen molar-refractivity contribution in [3.63, 3.8) is 0 Å². The SMILES string of the molecule is Cc1ccc(OC2(C(=O)O)CCN(Cc3nccn3C)CC2)cc1. The van der Waals surface area contributed by atoms with Gasteiger partial charge >= 0.3 is 5.97 Å². The molecular formula is C18H23N3O3. The minimum atomic E-state index is -1.15. The zero-order valence-corrected chi connectivity index (χ0v) is 14.1. The molecule has 24 heavy (non-hydrogen) atoms. The molecule has 2 heterocycles. The number of carboxylic acids is 1. The quantitative estimate of drug-likeness (QED) is 0.911. The van der Waals surface area contributed by atoms with Crippen LogP contribution in [0, 0.1) is 6.92 Å². The molecule has 0 bridgehead atoms. The van der Waals surface area contributed by atoms with Gasteiger partial charge in [0.15, 0.2) is 0 Å². The number of ether oxygens (including phenoxy) is 1. The number of likely N-dealkylation sites (tertiary alicyclic amines) is 1. The van der Waals surface area contributed by atoms with Crippen molar-refractivity contribution in [3.8, 4) is 5.75 Å². The number of imidazole rings is 1. The molecule has 0 unspecified atom stereocenters. The van der Waals surface area contributed by atoms with E-state index in [-0.39, 0.29) is 0 Å². The lowest BCUT2D eigenvalue weighted by molar-refractivity contribution is -0.159. The van der Waals surface area contributed by atoms with Crippen LogP contribution in [0.15, 0.2) is 36.7 Å². The van der Waals surface area contributed by atoms with Crippen molar-refractivity contribution in [2.45, 2.75) is 31.9 Å². The smallest absolute Gasteiger partial charge is 0.348 e. The minimum absolute atomic E-state index is 0.459. The highest BCUT2D eigenvalue weighted by molar-refractivity contribution is 5.78. The van der Waals surface area contributed by atoms with Crippen molar-refractivity contribution >= 4 is 5.97 Å². The lowest BCUT2D eigenvalue weighted by Crippen LogP contribution is -2.53. The average Bonchev–Trinajstić information content (AvgIpc) is 2.96. The number of benzene rings is 1. The molecule has 0 aliphatic carbocycles. The van der Waals surface area contributed by atoms with E-state index < -0.39 is 11.6 Å². The maximum Gasteiger partial charge on any atom is 0.348 e. The number of carbonyl (C=O) groups is 1. The summed E-state index contributed by atoms with van der Waals surface area (Å²) in [6, 6.07) is 7.53. The van der Waals surface area contributed by atoms with Gasteiger partial charge in [-0.3, -0.25) is 4.90 Å². The van der Waals surface area contributed by atoms with Gasteiger partial charge in [0, 0.05) is 45.4 Å². The summed E-state index contributed by atoms with van der Waals surface area (Å²) in [5.74, 6) is 0.706. The number of hydrogen-bond acceptors (Lipinski definition) is 4. The molecule has 1 N–H and O–H groups in total. The molecule has 128 valence electrons. The third kappa shape index (κ3) is 3.43. The largest absolute Gasteiger partial charge is 0.478 e. The average molecular weight is 329 g/mol. The van der Waals surface area contributed by atoms with Crippen LogP contribution in [0.25, 0.3) is 0 Å². The summed E-state index contributed by atoms with van der Waals surface area (Å²) >= 11 is 0. The second-order valence-electron chi connectivity index (χ2n) is 6.45. The van der Waals surface area contributed by atoms with Crippen molar-refractivity contribution in [2.75, 3.05) is 13.1 Å². The normalized spacial score (nSPS) is 17.6. The second-order valence-corrected chi connectivity index (χ2v) is 6.45. The first-order valence-corrected chi connectivity index (χ1v) is 8.16. The molecule has 0 atom stereocenters. The van der Waals surface area contributed by atoms with Gasteiger partial charge < -0.3 is 14.4 Å².